The van der Waals surface area contributed by atoms with Crippen LogP contribution < -0.4 is 0 Å². The first-order valence-electron chi connectivity index (χ1n) is 4.53. The number of hydrogen-bond acceptors (Lipinski definition) is 1. The van der Waals surface area contributed by atoms with Gasteiger partial charge in [0.15, 0.2) is 0 Å². The Hall–Kier alpha value is 0.770. The Kier molecular flexibility index (Phi) is 4.86. The Labute approximate surface area is 136 Å². The van der Waals surface area contributed by atoms with E-state index in [9.17, 15) is 4.39 Å². The van der Waals surface area contributed by atoms with Gasteiger partial charge in [-0.3, -0.25) is 0 Å². The highest BCUT2D eigenvalue weighted by Crippen LogP contribution is 2.42. The second kappa shape index (κ2) is 5.82. The highest BCUT2D eigenvalue weighted by atomic mass is 79.9. The van der Waals surface area contributed by atoms with E-state index in [-0.39, 0.29) is 10.6 Å². The van der Waals surface area contributed by atoms with Crippen LogP contribution in [0.5, 0.6) is 0 Å². The summed E-state index contributed by atoms with van der Waals surface area (Å²) < 4.78 is 16.6. The standard InChI is InChI=1S/C11H5Br4FS/c12-5-1-2-8(16)6(3-5)10(14)9-4-7(13)11(15)17-9/h1-4,10H. The van der Waals surface area contributed by atoms with E-state index in [4.69, 9.17) is 0 Å². The zero-order valence-corrected chi connectivity index (χ0v) is 15.3. The van der Waals surface area contributed by atoms with Crippen molar-refractivity contribution in [1.29, 1.82) is 0 Å². The summed E-state index contributed by atoms with van der Waals surface area (Å²) in [6.07, 6.45) is 0. The number of halogens is 5. The quantitative estimate of drug-likeness (QED) is 0.399. The van der Waals surface area contributed by atoms with Crippen LogP contribution in [0.3, 0.4) is 0 Å². The van der Waals surface area contributed by atoms with Gasteiger partial charge in [-0.2, -0.15) is 0 Å². The number of rotatable bonds is 2. The summed E-state index contributed by atoms with van der Waals surface area (Å²) in [6.45, 7) is 0. The van der Waals surface area contributed by atoms with E-state index in [1.165, 1.54) is 6.07 Å². The van der Waals surface area contributed by atoms with E-state index in [1.807, 2.05) is 6.07 Å². The lowest BCUT2D eigenvalue weighted by Gasteiger charge is -2.09. The topological polar surface area (TPSA) is 0 Å². The van der Waals surface area contributed by atoms with Crippen LogP contribution in [0.2, 0.25) is 0 Å². The molecule has 0 aliphatic rings. The van der Waals surface area contributed by atoms with E-state index < -0.39 is 0 Å². The highest BCUT2D eigenvalue weighted by Gasteiger charge is 2.18. The van der Waals surface area contributed by atoms with Crippen molar-refractivity contribution in [3.05, 3.63) is 53.3 Å². The van der Waals surface area contributed by atoms with Crippen molar-refractivity contribution >= 4 is 75.1 Å². The van der Waals surface area contributed by atoms with Gasteiger partial charge in [-0.25, -0.2) is 4.39 Å². The first-order chi connectivity index (χ1) is 7.99. The molecule has 0 aliphatic heterocycles. The average molecular weight is 508 g/mol. The number of alkyl halides is 1. The van der Waals surface area contributed by atoms with Gasteiger partial charge in [0, 0.05) is 19.4 Å². The first-order valence-corrected chi connectivity index (χ1v) is 8.64. The van der Waals surface area contributed by atoms with Gasteiger partial charge in [-0.05, 0) is 56.1 Å². The molecule has 0 saturated carbocycles. The summed E-state index contributed by atoms with van der Waals surface area (Å²) >= 11 is 15.3. The molecular weight excluding hydrogens is 503 g/mol. The van der Waals surface area contributed by atoms with Gasteiger partial charge in [0.25, 0.3) is 0 Å². The minimum atomic E-state index is -0.212. The lowest BCUT2D eigenvalue weighted by atomic mass is 10.1. The van der Waals surface area contributed by atoms with Crippen LogP contribution in [-0.2, 0) is 0 Å². The molecule has 2 rings (SSSR count). The number of hydrogen-bond donors (Lipinski definition) is 0. The second-order valence-corrected chi connectivity index (χ2v) is 8.39. The fourth-order valence-corrected chi connectivity index (χ4v) is 4.58. The fraction of sp³-hybridized carbons (Fsp3) is 0.0909. The van der Waals surface area contributed by atoms with Crippen LogP contribution in [0.25, 0.3) is 0 Å². The van der Waals surface area contributed by atoms with Crippen LogP contribution >= 0.6 is 75.1 Å². The lowest BCUT2D eigenvalue weighted by Crippen LogP contribution is -1.94. The third kappa shape index (κ3) is 3.21. The number of benzene rings is 1. The van der Waals surface area contributed by atoms with Crippen molar-refractivity contribution < 1.29 is 4.39 Å². The van der Waals surface area contributed by atoms with Gasteiger partial charge in [0.1, 0.15) is 5.82 Å². The maximum Gasteiger partial charge on any atom is 0.127 e. The Balaban J connectivity index is 2.42. The molecule has 0 amide bonds. The molecule has 0 spiro atoms. The molecule has 0 nitrogen and oxygen atoms in total. The molecule has 0 fully saturated rings. The third-order valence-corrected chi connectivity index (χ3v) is 7.25. The number of thiophene rings is 1. The minimum absolute atomic E-state index is 0.146. The highest BCUT2D eigenvalue weighted by molar-refractivity contribution is 9.13. The molecule has 1 heterocycles. The molecule has 0 radical (unpaired) electrons. The van der Waals surface area contributed by atoms with Crippen molar-refractivity contribution in [2.75, 3.05) is 0 Å². The Morgan fingerprint density at radius 1 is 1.12 bits per heavy atom. The molecule has 0 bridgehead atoms. The van der Waals surface area contributed by atoms with E-state index in [1.54, 1.807) is 23.5 Å². The summed E-state index contributed by atoms with van der Waals surface area (Å²) in [5.41, 5.74) is 0.626. The van der Waals surface area contributed by atoms with Gasteiger partial charge >= 0.3 is 0 Å². The maximum absolute atomic E-state index is 13.7. The largest absolute Gasteiger partial charge is 0.207 e. The molecule has 90 valence electrons. The van der Waals surface area contributed by atoms with Crippen molar-refractivity contribution in [3.8, 4) is 0 Å². The smallest absolute Gasteiger partial charge is 0.127 e. The van der Waals surface area contributed by atoms with E-state index in [0.717, 1.165) is 17.6 Å². The predicted octanol–water partition coefficient (Wildman–Crippen LogP) is 6.66. The zero-order chi connectivity index (χ0) is 12.6. The minimum Gasteiger partial charge on any atom is -0.207 e. The normalized spacial score (nSPS) is 12.8. The van der Waals surface area contributed by atoms with Crippen LogP contribution in [0.15, 0.2) is 37.0 Å². The van der Waals surface area contributed by atoms with Gasteiger partial charge in [-0.1, -0.05) is 31.9 Å². The lowest BCUT2D eigenvalue weighted by molar-refractivity contribution is 0.613. The molecule has 0 N–H and O–H groups in total. The van der Waals surface area contributed by atoms with E-state index in [2.05, 4.69) is 63.7 Å². The molecule has 1 aromatic carbocycles. The van der Waals surface area contributed by atoms with Crippen LogP contribution in [0.1, 0.15) is 15.3 Å². The van der Waals surface area contributed by atoms with Crippen LogP contribution in [0.4, 0.5) is 4.39 Å². The molecule has 1 aromatic heterocycles. The molecule has 1 atom stereocenters. The van der Waals surface area contributed by atoms with Gasteiger partial charge in [0.2, 0.25) is 0 Å². The third-order valence-electron chi connectivity index (χ3n) is 2.15. The van der Waals surface area contributed by atoms with Gasteiger partial charge in [-0.15, -0.1) is 11.3 Å². The van der Waals surface area contributed by atoms with Crippen molar-refractivity contribution in [1.82, 2.24) is 0 Å². The van der Waals surface area contributed by atoms with Crippen molar-refractivity contribution in [2.45, 2.75) is 4.83 Å². The molecular formula is C11H5Br4FS. The van der Waals surface area contributed by atoms with E-state index in [0.29, 0.717) is 5.56 Å². The monoisotopic (exact) mass is 504 g/mol. The average Bonchev–Trinajstić information content (AvgIpc) is 2.62. The summed E-state index contributed by atoms with van der Waals surface area (Å²) in [6, 6.07) is 6.93. The molecule has 17 heavy (non-hydrogen) atoms. The molecule has 6 heteroatoms. The second-order valence-electron chi connectivity index (χ2n) is 3.30. The summed E-state index contributed by atoms with van der Waals surface area (Å²) in [5.74, 6) is -0.212. The molecule has 1 unspecified atom stereocenters. The summed E-state index contributed by atoms with van der Waals surface area (Å²) in [4.78, 5) is 0.897. The molecule has 0 saturated heterocycles. The fourth-order valence-electron chi connectivity index (χ4n) is 1.35. The zero-order valence-electron chi connectivity index (χ0n) is 8.18. The first kappa shape index (κ1) is 14.2. The SMILES string of the molecule is Fc1ccc(Br)cc1C(Br)c1cc(Br)c(Br)s1. The summed E-state index contributed by atoms with van der Waals surface area (Å²) in [7, 11) is 0. The Morgan fingerprint density at radius 2 is 1.82 bits per heavy atom. The molecule has 2 aromatic rings. The summed E-state index contributed by atoms with van der Waals surface area (Å²) in [5, 5.41) is 0. The van der Waals surface area contributed by atoms with E-state index >= 15 is 0 Å². The Bertz CT molecular complexity index is 533. The van der Waals surface area contributed by atoms with Crippen molar-refractivity contribution in [3.63, 3.8) is 0 Å². The van der Waals surface area contributed by atoms with Crippen LogP contribution in [0, 0.1) is 5.82 Å². The predicted molar refractivity (Wildman–Crippen MR) is 84.6 cm³/mol. The van der Waals surface area contributed by atoms with Crippen molar-refractivity contribution in [2.24, 2.45) is 0 Å². The Morgan fingerprint density at radius 3 is 2.41 bits per heavy atom. The van der Waals surface area contributed by atoms with Gasteiger partial charge in [0.05, 0.1) is 8.61 Å². The molecule has 0 aliphatic carbocycles. The van der Waals surface area contributed by atoms with Crippen LogP contribution in [-0.4, -0.2) is 0 Å². The maximum atomic E-state index is 13.7. The van der Waals surface area contributed by atoms with Gasteiger partial charge < -0.3 is 0 Å².